The lowest BCUT2D eigenvalue weighted by Crippen LogP contribution is -2.00. The Morgan fingerprint density at radius 3 is 2.21 bits per heavy atom. The average Bonchev–Trinajstić information content (AvgIpc) is 2.82. The second-order valence-corrected chi connectivity index (χ2v) is 5.34. The van der Waals surface area contributed by atoms with E-state index in [1.54, 1.807) is 0 Å². The molecule has 0 fully saturated rings. The molecular weight excluding hydrogens is 290 g/mol. The number of hydrogen-bond donors (Lipinski definition) is 0. The number of benzene rings is 2. The number of para-hydroxylation sites is 2. The largest absolute Gasteiger partial charge is 0.313 e. The molecule has 2 aromatic carbocycles. The molecule has 0 amide bonds. The Hall–Kier alpha value is -2.28. The number of fused-ring (bicyclic) bond motifs is 3. The SMILES string of the molecule is C1=Cc2c(n(-c3ccccc3)c3ccccc23)CCC1.CC.CC. The van der Waals surface area contributed by atoms with Gasteiger partial charge in [0.05, 0.1) is 5.52 Å². The molecule has 1 nitrogen and oxygen atoms in total. The molecule has 1 aliphatic carbocycles. The van der Waals surface area contributed by atoms with Gasteiger partial charge in [-0.25, -0.2) is 0 Å². The van der Waals surface area contributed by atoms with Crippen LogP contribution in [0.1, 0.15) is 51.8 Å². The summed E-state index contributed by atoms with van der Waals surface area (Å²) in [6.45, 7) is 8.00. The van der Waals surface area contributed by atoms with Crippen molar-refractivity contribution < 1.29 is 0 Å². The van der Waals surface area contributed by atoms with Gasteiger partial charge in [-0.15, -0.1) is 0 Å². The van der Waals surface area contributed by atoms with Crippen LogP contribution in [-0.4, -0.2) is 4.57 Å². The molecule has 4 rings (SSSR count). The van der Waals surface area contributed by atoms with Crippen molar-refractivity contribution in [2.45, 2.75) is 47.0 Å². The van der Waals surface area contributed by atoms with E-state index in [0.29, 0.717) is 0 Å². The molecule has 0 spiro atoms. The van der Waals surface area contributed by atoms with E-state index in [1.807, 2.05) is 27.7 Å². The molecule has 1 heterocycles. The van der Waals surface area contributed by atoms with Gasteiger partial charge in [0.15, 0.2) is 0 Å². The highest BCUT2D eigenvalue weighted by Crippen LogP contribution is 2.33. The fraction of sp³-hybridized carbons (Fsp3) is 0.304. The zero-order chi connectivity index (χ0) is 17.4. The highest BCUT2D eigenvalue weighted by Gasteiger charge is 2.16. The molecule has 0 bridgehead atoms. The Kier molecular flexibility index (Phi) is 6.87. The van der Waals surface area contributed by atoms with Gasteiger partial charge in [-0.2, -0.15) is 0 Å². The molecule has 0 aliphatic heterocycles. The van der Waals surface area contributed by atoms with Gasteiger partial charge in [-0.05, 0) is 37.5 Å². The van der Waals surface area contributed by atoms with E-state index in [4.69, 9.17) is 0 Å². The predicted octanol–water partition coefficient (Wildman–Crippen LogP) is 7.03. The average molecular weight is 319 g/mol. The standard InChI is InChI=1S/C19H17N.2C2H6/c1-3-9-15(10-4-1)20-18-13-6-2-5-11-16(18)17-12-7-8-14-19(17)20;2*1-2/h1,3-5,7-12,14H,2,6,13H2;2*1-2H3. The molecule has 0 radical (unpaired) electrons. The third-order valence-corrected chi connectivity index (χ3v) is 4.10. The molecular formula is C23H29N. The Labute approximate surface area is 146 Å². The summed E-state index contributed by atoms with van der Waals surface area (Å²) in [5.74, 6) is 0. The smallest absolute Gasteiger partial charge is 0.0537 e. The van der Waals surface area contributed by atoms with Crippen LogP contribution in [0.25, 0.3) is 22.7 Å². The maximum atomic E-state index is 2.43. The topological polar surface area (TPSA) is 4.93 Å². The highest BCUT2D eigenvalue weighted by atomic mass is 15.0. The van der Waals surface area contributed by atoms with E-state index in [-0.39, 0.29) is 0 Å². The minimum atomic E-state index is 1.14. The van der Waals surface area contributed by atoms with Gasteiger partial charge in [0.1, 0.15) is 0 Å². The second-order valence-electron chi connectivity index (χ2n) is 5.34. The van der Waals surface area contributed by atoms with Gasteiger partial charge in [-0.3, -0.25) is 0 Å². The van der Waals surface area contributed by atoms with Crippen LogP contribution in [0, 0.1) is 0 Å². The van der Waals surface area contributed by atoms with Gasteiger partial charge >= 0.3 is 0 Å². The first-order valence-electron chi connectivity index (χ1n) is 9.29. The van der Waals surface area contributed by atoms with Crippen molar-refractivity contribution >= 4 is 17.0 Å². The minimum Gasteiger partial charge on any atom is -0.313 e. The summed E-state index contributed by atoms with van der Waals surface area (Å²) in [7, 11) is 0. The Morgan fingerprint density at radius 1 is 0.792 bits per heavy atom. The summed E-state index contributed by atoms with van der Waals surface area (Å²) in [5, 5.41) is 1.37. The predicted molar refractivity (Wildman–Crippen MR) is 108 cm³/mol. The third-order valence-electron chi connectivity index (χ3n) is 4.10. The van der Waals surface area contributed by atoms with Crippen molar-refractivity contribution in [2.24, 2.45) is 0 Å². The Morgan fingerprint density at radius 2 is 1.46 bits per heavy atom. The summed E-state index contributed by atoms with van der Waals surface area (Å²) in [6.07, 6.45) is 8.17. The zero-order valence-electron chi connectivity index (χ0n) is 15.4. The normalized spacial score (nSPS) is 12.3. The quantitative estimate of drug-likeness (QED) is 0.453. The molecule has 0 N–H and O–H groups in total. The van der Waals surface area contributed by atoms with Crippen molar-refractivity contribution in [1.29, 1.82) is 0 Å². The van der Waals surface area contributed by atoms with Crippen molar-refractivity contribution in [3.63, 3.8) is 0 Å². The van der Waals surface area contributed by atoms with Gasteiger partial charge < -0.3 is 4.57 Å². The lowest BCUT2D eigenvalue weighted by Gasteiger charge is -2.10. The van der Waals surface area contributed by atoms with E-state index >= 15 is 0 Å². The van der Waals surface area contributed by atoms with E-state index in [9.17, 15) is 0 Å². The molecule has 1 aromatic heterocycles. The number of allylic oxidation sites excluding steroid dienone is 1. The minimum absolute atomic E-state index is 1.14. The first kappa shape index (κ1) is 18.1. The number of hydrogen-bond acceptors (Lipinski definition) is 0. The van der Waals surface area contributed by atoms with Crippen LogP contribution in [0.2, 0.25) is 0 Å². The lowest BCUT2D eigenvalue weighted by atomic mass is 10.1. The summed E-state index contributed by atoms with van der Waals surface area (Å²) in [5.41, 5.74) is 5.43. The van der Waals surface area contributed by atoms with Crippen LogP contribution in [0.15, 0.2) is 60.7 Å². The first-order chi connectivity index (χ1) is 11.9. The van der Waals surface area contributed by atoms with Crippen LogP contribution in [0.4, 0.5) is 0 Å². The number of nitrogens with zero attached hydrogens (tertiary/aromatic N) is 1. The van der Waals surface area contributed by atoms with Crippen LogP contribution in [-0.2, 0) is 6.42 Å². The molecule has 0 saturated heterocycles. The molecule has 0 atom stereocenters. The summed E-state index contributed by atoms with van der Waals surface area (Å²) in [4.78, 5) is 0. The van der Waals surface area contributed by atoms with E-state index in [2.05, 4.69) is 71.3 Å². The molecule has 0 saturated carbocycles. The van der Waals surface area contributed by atoms with Crippen LogP contribution < -0.4 is 0 Å². The molecule has 1 heteroatoms. The zero-order valence-corrected chi connectivity index (χ0v) is 15.4. The van der Waals surface area contributed by atoms with E-state index in [1.165, 1.54) is 40.7 Å². The van der Waals surface area contributed by atoms with Gasteiger partial charge in [0.2, 0.25) is 0 Å². The van der Waals surface area contributed by atoms with Crippen LogP contribution in [0.3, 0.4) is 0 Å². The molecule has 24 heavy (non-hydrogen) atoms. The molecule has 1 aliphatic rings. The van der Waals surface area contributed by atoms with Crippen LogP contribution in [0.5, 0.6) is 0 Å². The molecule has 3 aromatic rings. The number of aromatic nitrogens is 1. The van der Waals surface area contributed by atoms with E-state index in [0.717, 1.165) is 6.42 Å². The van der Waals surface area contributed by atoms with Crippen molar-refractivity contribution in [1.82, 2.24) is 4.57 Å². The third kappa shape index (κ3) is 3.46. The monoisotopic (exact) mass is 319 g/mol. The fourth-order valence-electron chi connectivity index (χ4n) is 3.21. The van der Waals surface area contributed by atoms with Crippen molar-refractivity contribution in [3.05, 3.63) is 71.9 Å². The molecule has 0 unspecified atom stereocenters. The Balaban J connectivity index is 0.000000487. The van der Waals surface area contributed by atoms with Crippen LogP contribution >= 0.6 is 0 Å². The van der Waals surface area contributed by atoms with E-state index < -0.39 is 0 Å². The van der Waals surface area contributed by atoms with Crippen molar-refractivity contribution in [2.75, 3.05) is 0 Å². The summed E-state index contributed by atoms with van der Waals surface area (Å²) in [6, 6.07) is 19.4. The highest BCUT2D eigenvalue weighted by molar-refractivity contribution is 5.92. The molecule has 126 valence electrons. The number of rotatable bonds is 1. The van der Waals surface area contributed by atoms with Gasteiger partial charge in [0, 0.05) is 22.3 Å². The van der Waals surface area contributed by atoms with Gasteiger partial charge in [0.25, 0.3) is 0 Å². The first-order valence-corrected chi connectivity index (χ1v) is 9.29. The fourth-order valence-corrected chi connectivity index (χ4v) is 3.21. The van der Waals surface area contributed by atoms with Crippen molar-refractivity contribution in [3.8, 4) is 5.69 Å². The lowest BCUT2D eigenvalue weighted by molar-refractivity contribution is 0.807. The maximum Gasteiger partial charge on any atom is 0.0537 e. The maximum absolute atomic E-state index is 2.43. The Bertz CT molecular complexity index is 778. The summed E-state index contributed by atoms with van der Waals surface area (Å²) >= 11 is 0. The van der Waals surface area contributed by atoms with Gasteiger partial charge in [-0.1, -0.05) is 76.2 Å². The second kappa shape index (κ2) is 9.12. The summed E-state index contributed by atoms with van der Waals surface area (Å²) < 4.78 is 2.43.